The summed E-state index contributed by atoms with van der Waals surface area (Å²) in [4.78, 5) is 15.6. The molecule has 0 aliphatic rings. The first-order chi connectivity index (χ1) is 8.65. The van der Waals surface area contributed by atoms with Gasteiger partial charge in [0.25, 0.3) is 0 Å². The lowest BCUT2D eigenvalue weighted by Crippen LogP contribution is -2.23. The smallest absolute Gasteiger partial charge is 0.363 e. The number of anilines is 1. The van der Waals surface area contributed by atoms with Gasteiger partial charge in [-0.1, -0.05) is 0 Å². The van der Waals surface area contributed by atoms with Crippen LogP contribution in [0.3, 0.4) is 0 Å². The maximum Gasteiger partial charge on any atom is 0.363 e. The fourth-order valence-corrected chi connectivity index (χ4v) is 1.29. The van der Waals surface area contributed by atoms with E-state index in [1.54, 1.807) is 13.2 Å². The molecular formula is C11H17N3O4. The highest BCUT2D eigenvalue weighted by atomic mass is 16.6. The molecule has 0 aliphatic heterocycles. The summed E-state index contributed by atoms with van der Waals surface area (Å²) in [5, 5.41) is 10.5. The van der Waals surface area contributed by atoms with E-state index in [0.29, 0.717) is 26.4 Å². The predicted octanol–water partition coefficient (Wildman–Crippen LogP) is 1.09. The van der Waals surface area contributed by atoms with Gasteiger partial charge in [-0.2, -0.15) is 0 Å². The summed E-state index contributed by atoms with van der Waals surface area (Å²) in [6.45, 7) is 2.38. The monoisotopic (exact) mass is 255 g/mol. The highest BCUT2D eigenvalue weighted by Crippen LogP contribution is 2.14. The van der Waals surface area contributed by atoms with E-state index < -0.39 is 4.92 Å². The van der Waals surface area contributed by atoms with Crippen LogP contribution in [-0.4, -0.2) is 50.4 Å². The van der Waals surface area contributed by atoms with E-state index in [4.69, 9.17) is 9.47 Å². The number of hydrogen-bond acceptors (Lipinski definition) is 6. The molecule has 100 valence electrons. The number of nitrogens with zero attached hydrogens (tertiary/aromatic N) is 3. The number of nitro groups is 1. The molecule has 0 aromatic carbocycles. The van der Waals surface area contributed by atoms with E-state index in [1.807, 2.05) is 11.9 Å². The van der Waals surface area contributed by atoms with Crippen molar-refractivity contribution in [1.82, 2.24) is 4.98 Å². The van der Waals surface area contributed by atoms with E-state index in [9.17, 15) is 10.1 Å². The highest BCUT2D eigenvalue weighted by molar-refractivity contribution is 5.45. The molecule has 0 N–H and O–H groups in total. The van der Waals surface area contributed by atoms with Crippen molar-refractivity contribution in [1.29, 1.82) is 0 Å². The van der Waals surface area contributed by atoms with Crippen LogP contribution >= 0.6 is 0 Å². The van der Waals surface area contributed by atoms with Crippen molar-refractivity contribution in [3.8, 4) is 0 Å². The van der Waals surface area contributed by atoms with E-state index in [-0.39, 0.29) is 5.82 Å². The number of rotatable bonds is 8. The molecule has 7 nitrogen and oxygen atoms in total. The van der Waals surface area contributed by atoms with Gasteiger partial charge in [0.1, 0.15) is 0 Å². The first kappa shape index (κ1) is 14.3. The van der Waals surface area contributed by atoms with Crippen LogP contribution in [0, 0.1) is 10.1 Å². The van der Waals surface area contributed by atoms with Crippen LogP contribution in [0.4, 0.5) is 11.5 Å². The summed E-state index contributed by atoms with van der Waals surface area (Å²) in [5.74, 6) is -0.150. The summed E-state index contributed by atoms with van der Waals surface area (Å²) in [5.41, 5.74) is 0.816. The number of pyridine rings is 1. The molecule has 1 aromatic heterocycles. The minimum Gasteiger partial charge on any atom is -0.382 e. The van der Waals surface area contributed by atoms with Gasteiger partial charge in [-0.05, 0) is 16.0 Å². The van der Waals surface area contributed by atoms with E-state index in [1.165, 1.54) is 12.3 Å². The Balaban J connectivity index is 2.37. The second-order valence-electron chi connectivity index (χ2n) is 3.66. The Morgan fingerprint density at radius 3 is 2.72 bits per heavy atom. The van der Waals surface area contributed by atoms with Crippen molar-refractivity contribution in [2.75, 3.05) is 45.4 Å². The standard InChI is InChI=1S/C11H17N3O4/c1-13(5-6-18-8-7-17-2)10-3-4-11(12-9-10)14(15)16/h3-4,9H,5-8H2,1-2H3. The SMILES string of the molecule is COCCOCCN(C)c1ccc([N+](=O)[O-])nc1. The number of hydrogen-bond donors (Lipinski definition) is 0. The van der Waals surface area contributed by atoms with Crippen LogP contribution < -0.4 is 4.90 Å². The summed E-state index contributed by atoms with van der Waals surface area (Å²) in [7, 11) is 3.50. The van der Waals surface area contributed by atoms with Crippen molar-refractivity contribution >= 4 is 11.5 Å². The Labute approximate surface area is 105 Å². The molecule has 0 unspecified atom stereocenters. The van der Waals surface area contributed by atoms with Gasteiger partial charge in [-0.25, -0.2) is 0 Å². The largest absolute Gasteiger partial charge is 0.382 e. The van der Waals surface area contributed by atoms with Gasteiger partial charge in [0.2, 0.25) is 0 Å². The molecule has 0 saturated carbocycles. The zero-order valence-corrected chi connectivity index (χ0v) is 10.5. The average Bonchev–Trinajstić information content (AvgIpc) is 2.38. The molecule has 0 radical (unpaired) electrons. The maximum atomic E-state index is 10.5. The van der Waals surface area contributed by atoms with Crippen molar-refractivity contribution < 1.29 is 14.4 Å². The zero-order chi connectivity index (χ0) is 13.4. The highest BCUT2D eigenvalue weighted by Gasteiger charge is 2.08. The summed E-state index contributed by atoms with van der Waals surface area (Å²) < 4.78 is 10.2. The first-order valence-electron chi connectivity index (χ1n) is 5.53. The molecule has 0 amide bonds. The molecule has 0 aliphatic carbocycles. The van der Waals surface area contributed by atoms with Gasteiger partial charge in [0.05, 0.1) is 25.5 Å². The fourth-order valence-electron chi connectivity index (χ4n) is 1.29. The zero-order valence-electron chi connectivity index (χ0n) is 10.5. The lowest BCUT2D eigenvalue weighted by atomic mass is 10.3. The molecule has 18 heavy (non-hydrogen) atoms. The van der Waals surface area contributed by atoms with Crippen LogP contribution in [0.1, 0.15) is 0 Å². The van der Waals surface area contributed by atoms with Crippen molar-refractivity contribution in [3.05, 3.63) is 28.4 Å². The van der Waals surface area contributed by atoms with Crippen LogP contribution in [0.2, 0.25) is 0 Å². The lowest BCUT2D eigenvalue weighted by Gasteiger charge is -2.17. The number of likely N-dealkylation sites (N-methyl/N-ethyl adjacent to an activating group) is 1. The molecule has 1 aromatic rings. The molecule has 0 fully saturated rings. The predicted molar refractivity (Wildman–Crippen MR) is 66.9 cm³/mol. The molecule has 0 bridgehead atoms. The Bertz CT molecular complexity index is 369. The van der Waals surface area contributed by atoms with Gasteiger partial charge >= 0.3 is 5.82 Å². The van der Waals surface area contributed by atoms with Gasteiger partial charge in [-0.3, -0.25) is 0 Å². The molecule has 0 spiro atoms. The summed E-state index contributed by atoms with van der Waals surface area (Å²) in [6, 6.07) is 3.05. The minimum atomic E-state index is -0.516. The normalized spacial score (nSPS) is 10.3. The number of methoxy groups -OCH3 is 1. The Morgan fingerprint density at radius 2 is 2.17 bits per heavy atom. The van der Waals surface area contributed by atoms with E-state index in [2.05, 4.69) is 4.98 Å². The van der Waals surface area contributed by atoms with Crippen LogP contribution in [0.5, 0.6) is 0 Å². The average molecular weight is 255 g/mol. The summed E-state index contributed by atoms with van der Waals surface area (Å²) >= 11 is 0. The van der Waals surface area contributed by atoms with Gasteiger partial charge in [0.15, 0.2) is 6.20 Å². The Kier molecular flexibility index (Phi) is 6.03. The molecule has 0 atom stereocenters. The van der Waals surface area contributed by atoms with Crippen molar-refractivity contribution in [2.45, 2.75) is 0 Å². The topological polar surface area (TPSA) is 77.7 Å². The first-order valence-corrected chi connectivity index (χ1v) is 5.53. The Morgan fingerprint density at radius 1 is 1.39 bits per heavy atom. The number of ether oxygens (including phenoxy) is 2. The lowest BCUT2D eigenvalue weighted by molar-refractivity contribution is -0.389. The van der Waals surface area contributed by atoms with Gasteiger partial charge in [0, 0.05) is 26.8 Å². The van der Waals surface area contributed by atoms with Crippen LogP contribution in [-0.2, 0) is 9.47 Å². The van der Waals surface area contributed by atoms with E-state index >= 15 is 0 Å². The van der Waals surface area contributed by atoms with Crippen molar-refractivity contribution in [3.63, 3.8) is 0 Å². The van der Waals surface area contributed by atoms with Crippen LogP contribution in [0.15, 0.2) is 18.3 Å². The van der Waals surface area contributed by atoms with Gasteiger partial charge in [-0.15, -0.1) is 0 Å². The molecule has 7 heteroatoms. The summed E-state index contributed by atoms with van der Waals surface area (Å²) in [6.07, 6.45) is 1.48. The second kappa shape index (κ2) is 7.57. The minimum absolute atomic E-state index is 0.150. The van der Waals surface area contributed by atoms with Crippen molar-refractivity contribution in [2.24, 2.45) is 0 Å². The van der Waals surface area contributed by atoms with Gasteiger partial charge < -0.3 is 24.5 Å². The molecular weight excluding hydrogens is 238 g/mol. The maximum absolute atomic E-state index is 10.5. The third-order valence-corrected chi connectivity index (χ3v) is 2.36. The third-order valence-electron chi connectivity index (χ3n) is 2.36. The molecule has 1 heterocycles. The molecule has 0 saturated heterocycles. The van der Waals surface area contributed by atoms with Crippen LogP contribution in [0.25, 0.3) is 0 Å². The third kappa shape index (κ3) is 4.64. The van der Waals surface area contributed by atoms with E-state index in [0.717, 1.165) is 5.69 Å². The molecule has 1 rings (SSSR count). The second-order valence-corrected chi connectivity index (χ2v) is 3.66. The fraction of sp³-hybridized carbons (Fsp3) is 0.545. The Hall–Kier alpha value is -1.73. The quantitative estimate of drug-likeness (QED) is 0.393. The number of aromatic nitrogens is 1.